The molecule has 2 aromatic rings. The van der Waals surface area contributed by atoms with E-state index in [0.717, 1.165) is 11.3 Å². The van der Waals surface area contributed by atoms with E-state index < -0.39 is 10.0 Å². The molecule has 0 saturated heterocycles. The lowest BCUT2D eigenvalue weighted by molar-refractivity contribution is 0.582. The molecule has 0 unspecified atom stereocenters. The number of halogens is 1. The fourth-order valence-electron chi connectivity index (χ4n) is 1.98. The van der Waals surface area contributed by atoms with E-state index in [0.29, 0.717) is 5.02 Å². The molecule has 0 aliphatic rings. The van der Waals surface area contributed by atoms with Gasteiger partial charge in [0.15, 0.2) is 5.96 Å². The van der Waals surface area contributed by atoms with Gasteiger partial charge in [-0.1, -0.05) is 29.8 Å². The van der Waals surface area contributed by atoms with Gasteiger partial charge in [0.2, 0.25) is 10.0 Å². The van der Waals surface area contributed by atoms with E-state index in [4.69, 9.17) is 17.3 Å². The van der Waals surface area contributed by atoms with E-state index in [1.807, 2.05) is 31.2 Å². The van der Waals surface area contributed by atoms with Crippen molar-refractivity contribution in [2.75, 3.05) is 18.4 Å². The number of hydrogen-bond donors (Lipinski definition) is 3. The average Bonchev–Trinajstić information content (AvgIpc) is 2.52. The van der Waals surface area contributed by atoms with Crippen molar-refractivity contribution in [1.82, 2.24) is 4.72 Å². The molecule has 0 atom stereocenters. The van der Waals surface area contributed by atoms with Crippen molar-refractivity contribution in [3.05, 3.63) is 59.1 Å². The smallest absolute Gasteiger partial charge is 0.240 e. The number of nitrogens with zero attached hydrogens (tertiary/aromatic N) is 1. The Morgan fingerprint density at radius 1 is 1.21 bits per heavy atom. The monoisotopic (exact) mass is 366 g/mol. The van der Waals surface area contributed by atoms with Gasteiger partial charge in [-0.25, -0.2) is 13.1 Å². The molecule has 8 heteroatoms. The number of sulfonamides is 1. The lowest BCUT2D eigenvalue weighted by Crippen LogP contribution is -2.28. The highest BCUT2D eigenvalue weighted by atomic mass is 35.5. The normalized spacial score (nSPS) is 12.2. The Hall–Kier alpha value is -2.09. The van der Waals surface area contributed by atoms with Gasteiger partial charge in [0.05, 0.1) is 11.4 Å². The van der Waals surface area contributed by atoms with Crippen molar-refractivity contribution in [2.45, 2.75) is 11.8 Å². The molecule has 2 rings (SSSR count). The molecule has 0 spiro atoms. The van der Waals surface area contributed by atoms with Crippen LogP contribution in [0.3, 0.4) is 0 Å². The molecule has 0 saturated carbocycles. The minimum Gasteiger partial charge on any atom is -0.370 e. The van der Waals surface area contributed by atoms with Gasteiger partial charge in [0.25, 0.3) is 0 Å². The molecule has 6 nitrogen and oxygen atoms in total. The van der Waals surface area contributed by atoms with E-state index >= 15 is 0 Å². The summed E-state index contributed by atoms with van der Waals surface area (Å²) >= 11 is 5.80. The first-order valence-corrected chi connectivity index (χ1v) is 9.12. The van der Waals surface area contributed by atoms with Crippen LogP contribution in [0.4, 0.5) is 5.69 Å². The molecule has 0 radical (unpaired) electrons. The summed E-state index contributed by atoms with van der Waals surface area (Å²) in [5.74, 6) is 0.225. The minimum atomic E-state index is -3.61. The molecule has 128 valence electrons. The summed E-state index contributed by atoms with van der Waals surface area (Å²) in [4.78, 5) is 4.21. The van der Waals surface area contributed by atoms with Gasteiger partial charge in [-0.05, 0) is 42.8 Å². The standard InChI is InChI=1S/C16H19ClN4O2S/c1-12-4-2-6-14(10-12)21-16(18)19-8-9-20-24(22,23)15-7-3-5-13(17)11-15/h2-7,10-11,20H,8-9H2,1H3,(H3,18,19,21). The first-order chi connectivity index (χ1) is 11.4. The van der Waals surface area contributed by atoms with Gasteiger partial charge in [0.1, 0.15) is 0 Å². The third kappa shape index (κ3) is 5.52. The predicted octanol–water partition coefficient (Wildman–Crippen LogP) is 2.35. The van der Waals surface area contributed by atoms with Crippen LogP contribution >= 0.6 is 11.6 Å². The summed E-state index contributed by atoms with van der Waals surface area (Å²) in [5, 5.41) is 3.32. The van der Waals surface area contributed by atoms with Crippen LogP contribution in [-0.4, -0.2) is 27.5 Å². The van der Waals surface area contributed by atoms with Crippen molar-refractivity contribution in [1.29, 1.82) is 0 Å². The van der Waals surface area contributed by atoms with Gasteiger partial charge >= 0.3 is 0 Å². The second-order valence-electron chi connectivity index (χ2n) is 5.12. The first kappa shape index (κ1) is 18.3. The van der Waals surface area contributed by atoms with Gasteiger partial charge in [-0.2, -0.15) is 0 Å². The summed E-state index contributed by atoms with van der Waals surface area (Å²) in [6.07, 6.45) is 0. The Bertz CT molecular complexity index is 837. The quantitative estimate of drug-likeness (QED) is 0.415. The average molecular weight is 367 g/mol. The van der Waals surface area contributed by atoms with Crippen molar-refractivity contribution in [3.63, 3.8) is 0 Å². The van der Waals surface area contributed by atoms with Gasteiger partial charge in [-0.15, -0.1) is 0 Å². The molecule has 0 aliphatic heterocycles. The van der Waals surface area contributed by atoms with Crippen molar-refractivity contribution >= 4 is 33.3 Å². The molecular weight excluding hydrogens is 348 g/mol. The highest BCUT2D eigenvalue weighted by Gasteiger charge is 2.13. The number of nitrogens with one attached hydrogen (secondary N) is 2. The fourth-order valence-corrected chi connectivity index (χ4v) is 3.31. The van der Waals surface area contributed by atoms with Crippen LogP contribution in [0.25, 0.3) is 0 Å². The minimum absolute atomic E-state index is 0.116. The zero-order chi connectivity index (χ0) is 17.6. The van der Waals surface area contributed by atoms with Gasteiger partial charge < -0.3 is 11.1 Å². The molecule has 2 aromatic carbocycles. The van der Waals surface area contributed by atoms with Crippen molar-refractivity contribution in [3.8, 4) is 0 Å². The first-order valence-electron chi connectivity index (χ1n) is 7.26. The van der Waals surface area contributed by atoms with Gasteiger partial charge in [-0.3, -0.25) is 4.99 Å². The van der Waals surface area contributed by atoms with Crippen LogP contribution in [0.1, 0.15) is 5.56 Å². The van der Waals surface area contributed by atoms with Crippen molar-refractivity contribution < 1.29 is 8.42 Å². The van der Waals surface area contributed by atoms with E-state index in [1.54, 1.807) is 12.1 Å². The number of anilines is 1. The zero-order valence-electron chi connectivity index (χ0n) is 13.2. The number of benzene rings is 2. The molecule has 0 heterocycles. The predicted molar refractivity (Wildman–Crippen MR) is 97.9 cm³/mol. The fraction of sp³-hybridized carbons (Fsp3) is 0.188. The summed E-state index contributed by atoms with van der Waals surface area (Å²) in [5.41, 5.74) is 7.71. The molecule has 0 amide bonds. The SMILES string of the molecule is Cc1cccc(NC(N)=NCCNS(=O)(=O)c2cccc(Cl)c2)c1. The van der Waals surface area contributed by atoms with Crippen LogP contribution in [0.2, 0.25) is 5.02 Å². The Balaban J connectivity index is 1.87. The Kier molecular flexibility index (Phi) is 6.19. The Morgan fingerprint density at radius 3 is 2.67 bits per heavy atom. The van der Waals surface area contributed by atoms with E-state index in [2.05, 4.69) is 15.0 Å². The van der Waals surface area contributed by atoms with E-state index in [9.17, 15) is 8.42 Å². The second-order valence-corrected chi connectivity index (χ2v) is 7.32. The molecular formula is C16H19ClN4O2S. The maximum absolute atomic E-state index is 12.1. The number of aryl methyl sites for hydroxylation is 1. The summed E-state index contributed by atoms with van der Waals surface area (Å²) in [6.45, 7) is 2.32. The third-order valence-corrected chi connectivity index (χ3v) is 4.78. The maximum Gasteiger partial charge on any atom is 0.240 e. The van der Waals surface area contributed by atoms with Crippen LogP contribution in [0, 0.1) is 6.92 Å². The topological polar surface area (TPSA) is 96.6 Å². The van der Waals surface area contributed by atoms with Crippen LogP contribution in [-0.2, 0) is 10.0 Å². The number of hydrogen-bond acceptors (Lipinski definition) is 3. The van der Waals surface area contributed by atoms with Crippen LogP contribution in [0.5, 0.6) is 0 Å². The van der Waals surface area contributed by atoms with Crippen LogP contribution in [0.15, 0.2) is 58.4 Å². The molecule has 0 aromatic heterocycles. The number of rotatable bonds is 6. The zero-order valence-corrected chi connectivity index (χ0v) is 14.7. The highest BCUT2D eigenvalue weighted by Crippen LogP contribution is 2.14. The molecule has 0 bridgehead atoms. The summed E-state index contributed by atoms with van der Waals surface area (Å²) < 4.78 is 26.6. The maximum atomic E-state index is 12.1. The lowest BCUT2D eigenvalue weighted by Gasteiger charge is -2.08. The van der Waals surface area contributed by atoms with Crippen molar-refractivity contribution in [2.24, 2.45) is 10.7 Å². The number of aliphatic imine (C=N–C) groups is 1. The molecule has 24 heavy (non-hydrogen) atoms. The largest absolute Gasteiger partial charge is 0.370 e. The molecule has 0 fully saturated rings. The molecule has 0 aliphatic carbocycles. The number of guanidine groups is 1. The van der Waals surface area contributed by atoms with Gasteiger partial charge in [0, 0.05) is 17.3 Å². The highest BCUT2D eigenvalue weighted by molar-refractivity contribution is 7.89. The lowest BCUT2D eigenvalue weighted by atomic mass is 10.2. The van der Waals surface area contributed by atoms with E-state index in [1.165, 1.54) is 12.1 Å². The third-order valence-electron chi connectivity index (χ3n) is 3.08. The second kappa shape index (κ2) is 8.14. The molecule has 4 N–H and O–H groups in total. The Labute approximate surface area is 146 Å². The number of nitrogens with two attached hydrogens (primary N) is 1. The summed E-state index contributed by atoms with van der Waals surface area (Å²) in [7, 11) is -3.61. The summed E-state index contributed by atoms with van der Waals surface area (Å²) in [6, 6.07) is 13.8. The van der Waals surface area contributed by atoms with Crippen LogP contribution < -0.4 is 15.8 Å². The Morgan fingerprint density at radius 2 is 1.96 bits per heavy atom. The van der Waals surface area contributed by atoms with E-state index in [-0.39, 0.29) is 23.9 Å².